The van der Waals surface area contributed by atoms with E-state index in [0.717, 1.165) is 0 Å². The summed E-state index contributed by atoms with van der Waals surface area (Å²) in [6, 6.07) is -50.7. The molecule has 0 saturated heterocycles. The first-order valence-electron chi connectivity index (χ1n) is 41.8. The van der Waals surface area contributed by atoms with E-state index in [0.29, 0.717) is 4.57 Å². The van der Waals surface area contributed by atoms with Crippen LogP contribution in [0.25, 0.3) is 83.1 Å². The molecule has 1 heterocycles. The molecule has 0 aliphatic heterocycles. The molecule has 0 bridgehead atoms. The smallest absolute Gasteiger partial charge is 0.0648 e. The molecule has 0 saturated carbocycles. The van der Waals surface area contributed by atoms with Gasteiger partial charge in [0.25, 0.3) is 0 Å². The number of para-hydroxylation sites is 2. The third-order valence-electron chi connectivity index (χ3n) is 10.1. The Morgan fingerprint density at radius 3 is 1.54 bits per heavy atom. The Labute approximate surface area is 445 Å². The van der Waals surface area contributed by atoms with Crippen LogP contribution in [0.4, 0.5) is 17.1 Å². The summed E-state index contributed by atoms with van der Waals surface area (Å²) in [5.74, 6) is 0. The molecule has 308 valence electrons. The number of fused-ring (bicyclic) bond motifs is 6. The fourth-order valence-corrected chi connectivity index (χ4v) is 7.26. The number of hydrogen-bond acceptors (Lipinski definition) is 1. The van der Waals surface area contributed by atoms with Gasteiger partial charge in [0.05, 0.1) is 71.6 Å². The Bertz CT molecular complexity index is 6050. The van der Waals surface area contributed by atoms with E-state index in [1.807, 2.05) is 0 Å². The molecule has 0 amide bonds. The summed E-state index contributed by atoms with van der Waals surface area (Å²) < 4.78 is 424. The minimum atomic E-state index is -4.17. The molecule has 11 aromatic rings. The molecule has 0 radical (unpaired) electrons. The molecule has 10 aromatic carbocycles. The number of benzene rings is 10. The van der Waals surface area contributed by atoms with Crippen molar-refractivity contribution in [2.45, 2.75) is 19.1 Å². The van der Waals surface area contributed by atoms with Gasteiger partial charge >= 0.3 is 0 Å². The molecule has 1 aliphatic rings. The van der Waals surface area contributed by atoms with E-state index >= 15 is 0 Å². The number of aromatic nitrogens is 1. The second-order valence-corrected chi connectivity index (χ2v) is 13.8. The van der Waals surface area contributed by atoms with E-state index in [-0.39, 0.29) is 4.90 Å². The molecular formula is C63H46N2. The lowest BCUT2D eigenvalue weighted by Gasteiger charge is -2.28. The van der Waals surface area contributed by atoms with Crippen molar-refractivity contribution in [1.29, 1.82) is 0 Å². The second-order valence-electron chi connectivity index (χ2n) is 13.8. The van der Waals surface area contributed by atoms with Gasteiger partial charge in [-0.1, -0.05) is 195 Å². The van der Waals surface area contributed by atoms with Gasteiger partial charge in [0.15, 0.2) is 0 Å². The predicted molar refractivity (Wildman–Crippen MR) is 275 cm³/mol. The van der Waals surface area contributed by atoms with Gasteiger partial charge in [-0.05, 0) is 122 Å². The summed E-state index contributed by atoms with van der Waals surface area (Å²) in [5.41, 5.74) is -25.1. The zero-order chi connectivity index (χ0) is 83.3. The highest BCUT2D eigenvalue weighted by Crippen LogP contribution is 2.51. The van der Waals surface area contributed by atoms with Crippen LogP contribution in [0.5, 0.6) is 0 Å². The van der Waals surface area contributed by atoms with Crippen LogP contribution in [0.1, 0.15) is 87.9 Å². The first-order valence-corrected chi connectivity index (χ1v) is 18.8. The molecule has 12 rings (SSSR count). The minimum absolute atomic E-state index is 0.0116. The number of rotatable bonds is 8. The molecule has 0 fully saturated rings. The molecule has 1 aromatic heterocycles. The van der Waals surface area contributed by atoms with Gasteiger partial charge in [-0.25, -0.2) is 0 Å². The number of nitrogens with zero attached hydrogens (tertiary/aromatic N) is 2. The van der Waals surface area contributed by atoms with E-state index in [2.05, 4.69) is 0 Å². The standard InChI is InChI=1S/C63H46N2/c1-63(2)58-26-14-11-24-54(58)55-39-38-50(42-59(55)63)64(49-36-31-46(32-37-49)52-22-10-9-21-51(52)44-17-5-3-6-18-44)48-34-29-43(30-35-48)47-33-40-62-57(41-47)56-25-13-16-28-61(56)65(62)60-27-15-12-23-53(60)45-19-7-4-8-20-45/h3-42H,1-2H3/i1D3,2D3,3D,4D,5D,6D,7D,8D,9D,10D,11D,12D,13D,14D,15D,16D,17D,18D,19D,20D,21D,22D,23D,24D,25D,26D,27D,28D,29D,30D,31D,32D,33D,34D,35D,36D,37D,38D,39D,40D,41D,42D. The van der Waals surface area contributed by atoms with Crippen LogP contribution in [0, 0.1) is 0 Å². The number of anilines is 3. The van der Waals surface area contributed by atoms with Gasteiger partial charge in [-0.2, -0.15) is 0 Å². The molecular weight excluding hydrogens is 785 g/mol. The van der Waals surface area contributed by atoms with Gasteiger partial charge in [0.1, 0.15) is 0 Å². The molecule has 2 nitrogen and oxygen atoms in total. The quantitative estimate of drug-likeness (QED) is 0.148. The van der Waals surface area contributed by atoms with Gasteiger partial charge < -0.3 is 9.47 Å². The monoisotopic (exact) mass is 877 g/mol. The zero-order valence-electron chi connectivity index (χ0n) is 78.4. The van der Waals surface area contributed by atoms with Crippen LogP contribution >= 0.6 is 0 Å². The highest BCUT2D eigenvalue weighted by Gasteiger charge is 2.35. The van der Waals surface area contributed by atoms with Crippen molar-refractivity contribution in [3.05, 3.63) is 253 Å². The van der Waals surface area contributed by atoms with Crippen molar-refractivity contribution in [2.75, 3.05) is 4.90 Å². The van der Waals surface area contributed by atoms with E-state index in [1.165, 1.54) is 0 Å². The van der Waals surface area contributed by atoms with Crippen molar-refractivity contribution >= 4 is 38.9 Å². The summed E-state index contributed by atoms with van der Waals surface area (Å²) in [7, 11) is 0. The highest BCUT2D eigenvalue weighted by molar-refractivity contribution is 6.11. The lowest BCUT2D eigenvalue weighted by molar-refractivity contribution is 0.660. The number of hydrogen-bond donors (Lipinski definition) is 0. The predicted octanol–water partition coefficient (Wildman–Crippen LogP) is 17.2. The first kappa shape index (κ1) is 13.7. The molecule has 0 spiro atoms. The summed E-state index contributed by atoms with van der Waals surface area (Å²) in [4.78, 5) is 0.0116. The van der Waals surface area contributed by atoms with Crippen LogP contribution in [0.15, 0.2) is 242 Å². The van der Waals surface area contributed by atoms with E-state index in [9.17, 15) is 26.0 Å². The molecule has 0 N–H and O–H groups in total. The van der Waals surface area contributed by atoms with Crippen LogP contribution in [0.3, 0.4) is 0 Å². The summed E-state index contributed by atoms with van der Waals surface area (Å²) in [5, 5.41) is -1.76. The average molecular weight is 877 g/mol. The van der Waals surface area contributed by atoms with Gasteiger partial charge in [-0.15, -0.1) is 0 Å². The van der Waals surface area contributed by atoms with Gasteiger partial charge in [-0.3, -0.25) is 0 Å². The largest absolute Gasteiger partial charge is 0.310 e. The maximum absolute atomic E-state index is 10.2. The molecule has 65 heavy (non-hydrogen) atoms. The normalized spacial score (nSPS) is 23.0. The van der Waals surface area contributed by atoms with Crippen molar-refractivity contribution in [2.24, 2.45) is 0 Å². The van der Waals surface area contributed by atoms with Gasteiger partial charge in [0, 0.05) is 47.0 Å². The fourth-order valence-electron chi connectivity index (χ4n) is 7.26. The lowest BCUT2D eigenvalue weighted by Crippen LogP contribution is -2.16. The van der Waals surface area contributed by atoms with Crippen molar-refractivity contribution in [3.63, 3.8) is 0 Å². The van der Waals surface area contributed by atoms with Crippen LogP contribution in [-0.2, 0) is 5.41 Å². The third-order valence-corrected chi connectivity index (χ3v) is 10.1. The van der Waals surface area contributed by atoms with Crippen molar-refractivity contribution < 1.29 is 63.1 Å². The van der Waals surface area contributed by atoms with E-state index in [1.54, 1.807) is 0 Å². The topological polar surface area (TPSA) is 8.17 Å². The molecule has 0 unspecified atom stereocenters. The average Bonchev–Trinajstić information content (AvgIpc) is 1.50. The third kappa shape index (κ3) is 6.49. The maximum atomic E-state index is 10.2. The van der Waals surface area contributed by atoms with Gasteiger partial charge in [0.2, 0.25) is 0 Å². The first-order chi connectivity index (χ1) is 51.2. The Hall–Kier alpha value is -8.20. The maximum Gasteiger partial charge on any atom is 0.0648 e. The van der Waals surface area contributed by atoms with Crippen LogP contribution in [0.2, 0.25) is 0 Å². The van der Waals surface area contributed by atoms with Crippen LogP contribution < -0.4 is 4.90 Å². The van der Waals surface area contributed by atoms with E-state index in [4.69, 9.17) is 37.0 Å². The summed E-state index contributed by atoms with van der Waals surface area (Å²) in [6.07, 6.45) is 0. The molecule has 1 aliphatic carbocycles. The Morgan fingerprint density at radius 1 is 0.354 bits per heavy atom. The fraction of sp³-hybridized carbons (Fsp3) is 0.0476. The lowest BCUT2D eigenvalue weighted by atomic mass is 9.82. The summed E-state index contributed by atoms with van der Waals surface area (Å²) in [6.45, 7) is -8.35. The summed E-state index contributed by atoms with van der Waals surface area (Å²) >= 11 is 0. The van der Waals surface area contributed by atoms with Crippen molar-refractivity contribution in [1.82, 2.24) is 4.57 Å². The zero-order valence-corrected chi connectivity index (χ0v) is 32.4. The Balaban J connectivity index is 1.27. The second kappa shape index (κ2) is 15.6. The molecule has 0 atom stereocenters. The Morgan fingerprint density at radius 2 is 0.846 bits per heavy atom. The van der Waals surface area contributed by atoms with E-state index < -0.39 is 372 Å². The van der Waals surface area contributed by atoms with Crippen LogP contribution in [-0.4, -0.2) is 4.57 Å². The highest BCUT2D eigenvalue weighted by atomic mass is 15.1. The Kier molecular flexibility index (Phi) is 3.27. The SMILES string of the molecule is [2H]c1c([2H])c([2H])c(-c2c([2H])c([2H])c([2H])c([2H])c2-c2c([2H])c([2H])c(N(c3c([2H])c([2H])c(-c4c([2H])c([2H])c5c(c4[2H])c4c([2H])c([2H])c([2H])c([2H])c4n5-c4c([2H])c([2H])c([2H])c([2H])c4-c4c([2H])c([2H])c([2H])c([2H])c4[2H])c([2H])c3[2H])c3c([2H])c([2H])c4c(c3[2H])C(C([2H])([2H])[2H])(C([2H])([2H])[2H])c3c([2H])c([2H])c([2H])c([2H])c3-4)c([2H])c2[2H])c([2H])c1[2H]. The molecule has 2 heteroatoms. The minimum Gasteiger partial charge on any atom is -0.310 e. The van der Waals surface area contributed by atoms with Crippen molar-refractivity contribution in [3.8, 4) is 61.3 Å².